The van der Waals surface area contributed by atoms with Gasteiger partial charge < -0.3 is 9.84 Å². The lowest BCUT2D eigenvalue weighted by Gasteiger charge is -2.05. The molecule has 0 saturated heterocycles. The van der Waals surface area contributed by atoms with Gasteiger partial charge in [-0.1, -0.05) is 12.1 Å². The van der Waals surface area contributed by atoms with E-state index in [-0.39, 0.29) is 12.3 Å². The number of aromatic nitrogens is 1. The maximum absolute atomic E-state index is 11.6. The fourth-order valence-electron chi connectivity index (χ4n) is 1.44. The minimum atomic E-state index is -3.24. The van der Waals surface area contributed by atoms with Crippen LogP contribution in [0.15, 0.2) is 10.6 Å². The van der Waals surface area contributed by atoms with E-state index in [0.717, 1.165) is 25.2 Å². The highest BCUT2D eigenvalue weighted by Crippen LogP contribution is 2.02. The van der Waals surface area contributed by atoms with Crippen LogP contribution in [0, 0.1) is 6.92 Å². The Hall–Kier alpha value is -0.920. The summed E-state index contributed by atoms with van der Waals surface area (Å²) in [5.74, 6) is 0.650. The molecule has 18 heavy (non-hydrogen) atoms. The third-order valence-electron chi connectivity index (χ3n) is 2.34. The number of rotatable bonds is 9. The van der Waals surface area contributed by atoms with Crippen LogP contribution in [0.1, 0.15) is 31.2 Å². The summed E-state index contributed by atoms with van der Waals surface area (Å²) in [5, 5.41) is 6.86. The molecule has 1 aromatic heterocycles. The molecule has 1 aromatic rings. The minimum absolute atomic E-state index is 0.122. The lowest BCUT2D eigenvalue weighted by molar-refractivity contribution is 0.377. The van der Waals surface area contributed by atoms with Crippen LogP contribution in [0.25, 0.3) is 0 Å². The van der Waals surface area contributed by atoms with Crippen molar-refractivity contribution in [1.82, 2.24) is 15.2 Å². The number of hydrogen-bond acceptors (Lipinski definition) is 5. The number of aryl methyl sites for hydroxylation is 1. The van der Waals surface area contributed by atoms with E-state index in [0.29, 0.717) is 12.2 Å². The molecule has 2 N–H and O–H groups in total. The fraction of sp³-hybridized carbons (Fsp3) is 0.727. The van der Waals surface area contributed by atoms with Crippen LogP contribution in [0.4, 0.5) is 0 Å². The summed E-state index contributed by atoms with van der Waals surface area (Å²) in [4.78, 5) is 0. The zero-order valence-electron chi connectivity index (χ0n) is 10.9. The molecule has 104 valence electrons. The van der Waals surface area contributed by atoms with Crippen LogP contribution in [-0.2, 0) is 16.6 Å². The molecule has 0 unspecified atom stereocenters. The summed E-state index contributed by atoms with van der Waals surface area (Å²) in [5.41, 5.74) is 0.743. The molecule has 0 bridgehead atoms. The van der Waals surface area contributed by atoms with E-state index in [1.807, 2.05) is 0 Å². The third-order valence-corrected chi connectivity index (χ3v) is 3.75. The molecule has 0 spiro atoms. The Kier molecular flexibility index (Phi) is 6.31. The Morgan fingerprint density at radius 1 is 1.39 bits per heavy atom. The summed E-state index contributed by atoms with van der Waals surface area (Å²) < 4.78 is 30.7. The van der Waals surface area contributed by atoms with Gasteiger partial charge in [0.05, 0.1) is 18.0 Å². The van der Waals surface area contributed by atoms with Gasteiger partial charge in [0.2, 0.25) is 10.0 Å². The zero-order chi connectivity index (χ0) is 13.4. The number of nitrogens with zero attached hydrogens (tertiary/aromatic N) is 1. The number of hydrogen-bond donors (Lipinski definition) is 2. The van der Waals surface area contributed by atoms with Gasteiger partial charge in [0.25, 0.3) is 0 Å². The van der Waals surface area contributed by atoms with Crippen LogP contribution in [-0.4, -0.2) is 32.4 Å². The second-order valence-corrected chi connectivity index (χ2v) is 6.10. The van der Waals surface area contributed by atoms with Crippen LogP contribution in [0.5, 0.6) is 0 Å². The maximum Gasteiger partial charge on any atom is 0.212 e. The van der Waals surface area contributed by atoms with Crippen molar-refractivity contribution in [2.75, 3.05) is 18.8 Å². The van der Waals surface area contributed by atoms with Gasteiger partial charge in [0.15, 0.2) is 5.76 Å². The SMILES string of the molecule is CCCNCCCS(=O)(=O)NCc1cc(C)no1. The first-order valence-electron chi connectivity index (χ1n) is 6.14. The van der Waals surface area contributed by atoms with Gasteiger partial charge >= 0.3 is 0 Å². The van der Waals surface area contributed by atoms with Crippen molar-refractivity contribution in [2.24, 2.45) is 0 Å². The molecule has 0 fully saturated rings. The van der Waals surface area contributed by atoms with Crippen molar-refractivity contribution >= 4 is 10.0 Å². The van der Waals surface area contributed by atoms with Crippen LogP contribution in [0.3, 0.4) is 0 Å². The van der Waals surface area contributed by atoms with Crippen molar-refractivity contribution in [2.45, 2.75) is 33.2 Å². The summed E-state index contributed by atoms with van der Waals surface area (Å²) in [6.07, 6.45) is 1.65. The molecule has 0 aromatic carbocycles. The molecule has 0 radical (unpaired) electrons. The van der Waals surface area contributed by atoms with Crippen LogP contribution in [0.2, 0.25) is 0 Å². The average Bonchev–Trinajstić information content (AvgIpc) is 2.73. The second-order valence-electron chi connectivity index (χ2n) is 4.18. The molecule has 1 heterocycles. The lowest BCUT2D eigenvalue weighted by Crippen LogP contribution is -2.28. The highest BCUT2D eigenvalue weighted by atomic mass is 32.2. The van der Waals surface area contributed by atoms with E-state index in [2.05, 4.69) is 22.1 Å². The van der Waals surface area contributed by atoms with E-state index in [1.54, 1.807) is 13.0 Å². The fourth-order valence-corrected chi connectivity index (χ4v) is 2.47. The first-order chi connectivity index (χ1) is 8.53. The van der Waals surface area contributed by atoms with E-state index in [9.17, 15) is 8.42 Å². The summed E-state index contributed by atoms with van der Waals surface area (Å²) >= 11 is 0. The largest absolute Gasteiger partial charge is 0.360 e. The van der Waals surface area contributed by atoms with Crippen LogP contribution < -0.4 is 10.0 Å². The monoisotopic (exact) mass is 275 g/mol. The van der Waals surface area contributed by atoms with Gasteiger partial charge in [-0.25, -0.2) is 13.1 Å². The molecular weight excluding hydrogens is 254 g/mol. The molecule has 6 nitrogen and oxygen atoms in total. The second kappa shape index (κ2) is 7.50. The summed E-state index contributed by atoms with van der Waals surface area (Å²) in [6.45, 7) is 5.66. The molecule has 0 aliphatic heterocycles. The molecular formula is C11H21N3O3S. The topological polar surface area (TPSA) is 84.2 Å². The van der Waals surface area contributed by atoms with Crippen molar-refractivity contribution < 1.29 is 12.9 Å². The van der Waals surface area contributed by atoms with E-state index >= 15 is 0 Å². The van der Waals surface area contributed by atoms with Crippen molar-refractivity contribution in [3.63, 3.8) is 0 Å². The van der Waals surface area contributed by atoms with Gasteiger partial charge in [-0.05, 0) is 32.9 Å². The van der Waals surface area contributed by atoms with Gasteiger partial charge in [-0.15, -0.1) is 0 Å². The number of sulfonamides is 1. The molecule has 7 heteroatoms. The first-order valence-corrected chi connectivity index (χ1v) is 7.79. The van der Waals surface area contributed by atoms with Gasteiger partial charge in [-0.3, -0.25) is 0 Å². The molecule has 0 aliphatic rings. The highest BCUT2D eigenvalue weighted by Gasteiger charge is 2.11. The van der Waals surface area contributed by atoms with E-state index in [4.69, 9.17) is 4.52 Å². The molecule has 0 amide bonds. The minimum Gasteiger partial charge on any atom is -0.360 e. The Morgan fingerprint density at radius 2 is 2.17 bits per heavy atom. The smallest absolute Gasteiger partial charge is 0.212 e. The molecule has 0 aliphatic carbocycles. The Morgan fingerprint density at radius 3 is 2.78 bits per heavy atom. The van der Waals surface area contributed by atoms with Gasteiger partial charge in [0, 0.05) is 6.07 Å². The van der Waals surface area contributed by atoms with Crippen LogP contribution >= 0.6 is 0 Å². The van der Waals surface area contributed by atoms with Gasteiger partial charge in [-0.2, -0.15) is 0 Å². The predicted octanol–water partition coefficient (Wildman–Crippen LogP) is 0.792. The van der Waals surface area contributed by atoms with Crippen molar-refractivity contribution in [3.05, 3.63) is 17.5 Å². The number of nitrogens with one attached hydrogen (secondary N) is 2. The first kappa shape index (κ1) is 15.1. The highest BCUT2D eigenvalue weighted by molar-refractivity contribution is 7.89. The normalized spacial score (nSPS) is 11.9. The average molecular weight is 275 g/mol. The summed E-state index contributed by atoms with van der Waals surface area (Å²) in [6, 6.07) is 1.71. The predicted molar refractivity (Wildman–Crippen MR) is 69.6 cm³/mol. The van der Waals surface area contributed by atoms with Crippen molar-refractivity contribution in [3.8, 4) is 0 Å². The Labute approximate surface area is 108 Å². The zero-order valence-corrected chi connectivity index (χ0v) is 11.7. The third kappa shape index (κ3) is 6.13. The molecule has 1 rings (SSSR count). The van der Waals surface area contributed by atoms with E-state index < -0.39 is 10.0 Å². The van der Waals surface area contributed by atoms with E-state index in [1.165, 1.54) is 0 Å². The Bertz CT molecular complexity index is 442. The standard InChI is InChI=1S/C11H21N3O3S/c1-3-5-12-6-4-7-18(15,16)13-9-11-8-10(2)14-17-11/h8,12-13H,3-7,9H2,1-2H3. The van der Waals surface area contributed by atoms with Gasteiger partial charge in [0.1, 0.15) is 0 Å². The summed E-state index contributed by atoms with van der Waals surface area (Å²) in [7, 11) is -3.24. The van der Waals surface area contributed by atoms with Crippen molar-refractivity contribution in [1.29, 1.82) is 0 Å². The lowest BCUT2D eigenvalue weighted by atomic mass is 10.4. The molecule has 0 atom stereocenters. The Balaban J connectivity index is 2.23. The maximum atomic E-state index is 11.6. The molecule has 0 saturated carbocycles. The quantitative estimate of drug-likeness (QED) is 0.651.